The molecular weight excluding hydrogens is 584 g/mol. The molecule has 258 valence electrons. The predicted octanol–water partition coefficient (Wildman–Crippen LogP) is 3.07. The maximum atomic E-state index is 13.5. The molecular formula is C32H56N4O9. The van der Waals surface area contributed by atoms with Gasteiger partial charge in [0.15, 0.2) is 11.6 Å². The number of hydrogen-bond acceptors (Lipinski definition) is 9. The van der Waals surface area contributed by atoms with Crippen molar-refractivity contribution < 1.29 is 43.0 Å². The number of ether oxygens (including phenoxy) is 2. The molecule has 13 nitrogen and oxygen atoms in total. The van der Waals surface area contributed by atoms with Crippen LogP contribution in [0, 0.1) is 11.8 Å². The maximum Gasteiger partial charge on any atom is 0.407 e. The summed E-state index contributed by atoms with van der Waals surface area (Å²) in [7, 11) is 3.24. The molecule has 0 radical (unpaired) electrons. The first kappa shape index (κ1) is 41.5. The molecule has 0 spiro atoms. The molecule has 0 fully saturated rings. The third kappa shape index (κ3) is 19.5. The van der Waals surface area contributed by atoms with Gasteiger partial charge in [0.05, 0.1) is 12.1 Å². The fourth-order valence-electron chi connectivity index (χ4n) is 4.14. The van der Waals surface area contributed by atoms with E-state index >= 15 is 0 Å². The minimum Gasteiger partial charge on any atom is -0.460 e. The van der Waals surface area contributed by atoms with Gasteiger partial charge in [-0.3, -0.25) is 28.8 Å². The Bertz CT molecular complexity index is 1040. The molecule has 0 bridgehead atoms. The Labute approximate surface area is 268 Å². The molecule has 3 N–H and O–H groups in total. The second-order valence-corrected chi connectivity index (χ2v) is 13.8. The quantitative estimate of drug-likeness (QED) is 0.190. The summed E-state index contributed by atoms with van der Waals surface area (Å²) in [5.74, 6) is -3.55. The minimum atomic E-state index is -1.06. The maximum absolute atomic E-state index is 13.5. The Morgan fingerprint density at radius 3 is 1.82 bits per heavy atom. The second kappa shape index (κ2) is 19.1. The number of Topliss-reactive ketones (excluding diaryl/α,β-unsaturated/α-hetero) is 2. The Morgan fingerprint density at radius 1 is 0.756 bits per heavy atom. The Morgan fingerprint density at radius 2 is 1.33 bits per heavy atom. The molecule has 0 unspecified atom stereocenters. The van der Waals surface area contributed by atoms with Gasteiger partial charge in [-0.2, -0.15) is 0 Å². The number of carbonyl (C=O) groups is 7. The Hall–Kier alpha value is -3.51. The van der Waals surface area contributed by atoms with Crippen molar-refractivity contribution in [2.75, 3.05) is 20.6 Å². The molecule has 13 heteroatoms. The van der Waals surface area contributed by atoms with Crippen molar-refractivity contribution in [2.45, 2.75) is 131 Å². The van der Waals surface area contributed by atoms with Crippen molar-refractivity contribution in [2.24, 2.45) is 11.8 Å². The molecule has 0 aliphatic rings. The van der Waals surface area contributed by atoms with Gasteiger partial charge in [-0.25, -0.2) is 4.79 Å². The number of esters is 1. The van der Waals surface area contributed by atoms with Crippen LogP contribution in [0.2, 0.25) is 0 Å². The zero-order valence-electron chi connectivity index (χ0n) is 29.1. The van der Waals surface area contributed by atoms with Crippen molar-refractivity contribution in [3.63, 3.8) is 0 Å². The predicted molar refractivity (Wildman–Crippen MR) is 169 cm³/mol. The van der Waals surface area contributed by atoms with Gasteiger partial charge < -0.3 is 30.3 Å². The average molecular weight is 641 g/mol. The van der Waals surface area contributed by atoms with E-state index in [0.29, 0.717) is 0 Å². The Balaban J connectivity index is 5.58. The fourth-order valence-corrected chi connectivity index (χ4v) is 4.14. The van der Waals surface area contributed by atoms with Gasteiger partial charge in [0.25, 0.3) is 0 Å². The van der Waals surface area contributed by atoms with Gasteiger partial charge in [-0.1, -0.05) is 13.8 Å². The third-order valence-electron chi connectivity index (χ3n) is 6.55. The Kier molecular flexibility index (Phi) is 17.6. The first-order chi connectivity index (χ1) is 20.5. The summed E-state index contributed by atoms with van der Waals surface area (Å²) >= 11 is 0. The molecule has 0 aromatic carbocycles. The molecule has 0 aliphatic heterocycles. The average Bonchev–Trinajstić information content (AvgIpc) is 2.86. The van der Waals surface area contributed by atoms with Gasteiger partial charge in [-0.15, -0.1) is 0 Å². The highest BCUT2D eigenvalue weighted by Crippen LogP contribution is 2.20. The molecule has 0 saturated carbocycles. The summed E-state index contributed by atoms with van der Waals surface area (Å²) in [6.07, 6.45) is -0.504. The number of alkyl carbamates (subject to hydrolysis) is 1. The smallest absolute Gasteiger partial charge is 0.407 e. The first-order valence-corrected chi connectivity index (χ1v) is 15.5. The van der Waals surface area contributed by atoms with Crippen LogP contribution < -0.4 is 16.0 Å². The molecule has 0 aliphatic carbocycles. The lowest BCUT2D eigenvalue weighted by Gasteiger charge is -2.26. The van der Waals surface area contributed by atoms with Gasteiger partial charge in [0, 0.05) is 52.2 Å². The highest BCUT2D eigenvalue weighted by molar-refractivity contribution is 5.94. The van der Waals surface area contributed by atoms with Crippen LogP contribution in [0.3, 0.4) is 0 Å². The SMILES string of the molecule is CC(=O)[C@H](CCNC(=O)OC(C)(C)C)NC(=O)[C@@H](CC(=O)[C@H](CCC(=O)OC(C)(C)C)NC(=O)CCCC(=O)N(C)C)C(C)C. The number of carbonyl (C=O) groups excluding carboxylic acids is 7. The van der Waals surface area contributed by atoms with Crippen molar-refractivity contribution in [3.8, 4) is 0 Å². The lowest BCUT2D eigenvalue weighted by atomic mass is 9.87. The van der Waals surface area contributed by atoms with E-state index in [1.165, 1.54) is 11.8 Å². The van der Waals surface area contributed by atoms with E-state index in [9.17, 15) is 33.6 Å². The fraction of sp³-hybridized carbons (Fsp3) is 0.781. The summed E-state index contributed by atoms with van der Waals surface area (Å²) in [5.41, 5.74) is -1.42. The van der Waals surface area contributed by atoms with E-state index in [-0.39, 0.29) is 69.1 Å². The molecule has 45 heavy (non-hydrogen) atoms. The van der Waals surface area contributed by atoms with Gasteiger partial charge in [-0.05, 0) is 73.6 Å². The normalized spacial score (nSPS) is 13.6. The zero-order valence-corrected chi connectivity index (χ0v) is 29.1. The van der Waals surface area contributed by atoms with Crippen LogP contribution in [-0.4, -0.2) is 90.2 Å². The number of nitrogens with one attached hydrogen (secondary N) is 3. The summed E-state index contributed by atoms with van der Waals surface area (Å²) in [6.45, 7) is 15.3. The summed E-state index contributed by atoms with van der Waals surface area (Å²) in [5, 5.41) is 7.93. The van der Waals surface area contributed by atoms with Crippen LogP contribution >= 0.6 is 0 Å². The van der Waals surface area contributed by atoms with E-state index in [1.807, 2.05) is 0 Å². The number of hydrogen-bond donors (Lipinski definition) is 3. The molecule has 0 aromatic rings. The van der Waals surface area contributed by atoms with Crippen LogP contribution in [-0.2, 0) is 38.2 Å². The summed E-state index contributed by atoms with van der Waals surface area (Å²) in [4.78, 5) is 89.5. The van der Waals surface area contributed by atoms with Crippen LogP contribution in [0.1, 0.15) is 107 Å². The van der Waals surface area contributed by atoms with Crippen LogP contribution in [0.15, 0.2) is 0 Å². The summed E-state index contributed by atoms with van der Waals surface area (Å²) < 4.78 is 10.5. The topological polar surface area (TPSA) is 177 Å². The van der Waals surface area contributed by atoms with Crippen LogP contribution in [0.25, 0.3) is 0 Å². The van der Waals surface area contributed by atoms with Crippen molar-refractivity contribution in [3.05, 3.63) is 0 Å². The van der Waals surface area contributed by atoms with E-state index in [0.717, 1.165) is 0 Å². The monoisotopic (exact) mass is 640 g/mol. The van der Waals surface area contributed by atoms with E-state index in [4.69, 9.17) is 9.47 Å². The molecule has 0 heterocycles. The number of rotatable bonds is 18. The second-order valence-electron chi connectivity index (χ2n) is 13.8. The van der Waals surface area contributed by atoms with E-state index < -0.39 is 58.9 Å². The van der Waals surface area contributed by atoms with Crippen LogP contribution in [0.4, 0.5) is 4.79 Å². The first-order valence-electron chi connectivity index (χ1n) is 15.5. The molecule has 3 atom stereocenters. The van der Waals surface area contributed by atoms with E-state index in [2.05, 4.69) is 16.0 Å². The number of amides is 4. The number of nitrogens with zero attached hydrogens (tertiary/aromatic N) is 1. The summed E-state index contributed by atoms with van der Waals surface area (Å²) in [6, 6.07) is -1.97. The lowest BCUT2D eigenvalue weighted by molar-refractivity contribution is -0.155. The lowest BCUT2D eigenvalue weighted by Crippen LogP contribution is -2.48. The van der Waals surface area contributed by atoms with Crippen molar-refractivity contribution in [1.29, 1.82) is 0 Å². The zero-order chi connectivity index (χ0) is 35.1. The standard InChI is InChI=1S/C32H56N4O9/c1-20(2)22(29(42)35-23(21(3)37)17-18-33-30(43)45-32(7,8)9)19-25(38)24(15-16-28(41)44-31(4,5)6)34-26(39)13-12-14-27(40)36(10)11/h20,22-24H,12-19H2,1-11H3,(H,33,43)(H,34,39)(H,35,42)/t22-,23-,24-/m0/s1. The third-order valence-corrected chi connectivity index (χ3v) is 6.55. The van der Waals surface area contributed by atoms with Crippen LogP contribution in [0.5, 0.6) is 0 Å². The molecule has 4 amide bonds. The van der Waals surface area contributed by atoms with Crippen molar-refractivity contribution in [1.82, 2.24) is 20.9 Å². The number of ketones is 2. The highest BCUT2D eigenvalue weighted by Gasteiger charge is 2.32. The van der Waals surface area contributed by atoms with E-state index in [1.54, 1.807) is 69.5 Å². The van der Waals surface area contributed by atoms with Gasteiger partial charge >= 0.3 is 12.1 Å². The molecule has 0 aromatic heterocycles. The minimum absolute atomic E-state index is 0.00150. The van der Waals surface area contributed by atoms with Gasteiger partial charge in [0.1, 0.15) is 11.2 Å². The van der Waals surface area contributed by atoms with Crippen molar-refractivity contribution >= 4 is 41.4 Å². The highest BCUT2D eigenvalue weighted by atomic mass is 16.6. The molecule has 0 rings (SSSR count). The van der Waals surface area contributed by atoms with Gasteiger partial charge in [0.2, 0.25) is 17.7 Å². The largest absolute Gasteiger partial charge is 0.460 e. The molecule has 0 saturated heterocycles.